The monoisotopic (exact) mass is 279 g/mol. The predicted octanol–water partition coefficient (Wildman–Crippen LogP) is 0.588. The lowest BCUT2D eigenvalue weighted by atomic mass is 10.1. The van der Waals surface area contributed by atoms with E-state index in [4.69, 9.17) is 5.73 Å². The minimum absolute atomic E-state index is 0.0354. The summed E-state index contributed by atoms with van der Waals surface area (Å²) in [7, 11) is 5.74. The topological polar surface area (TPSA) is 67.4 Å². The van der Waals surface area contributed by atoms with E-state index in [0.29, 0.717) is 17.3 Å². The first-order valence-corrected chi connectivity index (χ1v) is 7.19. The zero-order valence-corrected chi connectivity index (χ0v) is 12.9. The lowest BCUT2D eigenvalue weighted by Crippen LogP contribution is -2.34. The Morgan fingerprint density at radius 3 is 2.70 bits per heavy atom. The number of anilines is 1. The third-order valence-corrected chi connectivity index (χ3v) is 4.07. The molecule has 0 radical (unpaired) electrons. The van der Waals surface area contributed by atoms with Crippen molar-refractivity contribution in [3.05, 3.63) is 11.4 Å². The normalized spacial score (nSPS) is 19.5. The first-order chi connectivity index (χ1) is 9.43. The van der Waals surface area contributed by atoms with Crippen LogP contribution < -0.4 is 5.73 Å². The van der Waals surface area contributed by atoms with Crippen LogP contribution in [0.25, 0.3) is 0 Å². The van der Waals surface area contributed by atoms with Crippen molar-refractivity contribution < 1.29 is 4.79 Å². The van der Waals surface area contributed by atoms with Gasteiger partial charge in [-0.15, -0.1) is 0 Å². The van der Waals surface area contributed by atoms with Gasteiger partial charge in [0, 0.05) is 27.2 Å². The second kappa shape index (κ2) is 5.83. The Morgan fingerprint density at radius 1 is 1.50 bits per heavy atom. The van der Waals surface area contributed by atoms with Crippen molar-refractivity contribution in [1.82, 2.24) is 19.6 Å². The molecule has 2 heterocycles. The molecule has 1 aliphatic heterocycles. The van der Waals surface area contributed by atoms with Gasteiger partial charge in [0.25, 0.3) is 5.91 Å². The number of likely N-dealkylation sites (tertiary alicyclic amines) is 1. The van der Waals surface area contributed by atoms with Crippen molar-refractivity contribution in [1.29, 1.82) is 0 Å². The quantitative estimate of drug-likeness (QED) is 0.876. The van der Waals surface area contributed by atoms with Gasteiger partial charge in [0.15, 0.2) is 0 Å². The van der Waals surface area contributed by atoms with Gasteiger partial charge in [-0.3, -0.25) is 9.48 Å². The molecule has 0 aliphatic carbocycles. The van der Waals surface area contributed by atoms with Crippen LogP contribution in [0.15, 0.2) is 0 Å². The molecule has 0 saturated carbocycles. The number of hydrogen-bond donors (Lipinski definition) is 1. The maximum absolute atomic E-state index is 12.6. The number of amides is 1. The van der Waals surface area contributed by atoms with E-state index in [1.54, 1.807) is 16.6 Å². The standard InChI is InChI=1S/C14H25N5O/c1-5-11-12(15)13(19(4)16-11)14(20)18(3)9-10-6-7-17(2)8-10/h10H,5-9,15H2,1-4H3. The van der Waals surface area contributed by atoms with E-state index < -0.39 is 0 Å². The first-order valence-electron chi connectivity index (χ1n) is 7.19. The SMILES string of the molecule is CCc1nn(C)c(C(=O)N(C)CC2CCN(C)C2)c1N. The molecule has 0 aromatic carbocycles. The molecule has 1 unspecified atom stereocenters. The van der Waals surface area contributed by atoms with Crippen molar-refractivity contribution in [2.45, 2.75) is 19.8 Å². The number of carbonyl (C=O) groups excluding carboxylic acids is 1. The summed E-state index contributed by atoms with van der Waals surface area (Å²) in [6.45, 7) is 4.93. The number of nitrogens with two attached hydrogens (primary N) is 1. The van der Waals surface area contributed by atoms with Crippen LogP contribution in [0.5, 0.6) is 0 Å². The Hall–Kier alpha value is -1.56. The molecular weight excluding hydrogens is 254 g/mol. The molecular formula is C14H25N5O. The molecule has 2 N–H and O–H groups in total. The molecule has 20 heavy (non-hydrogen) atoms. The van der Waals surface area contributed by atoms with Gasteiger partial charge in [-0.05, 0) is 32.4 Å². The third kappa shape index (κ3) is 2.80. The summed E-state index contributed by atoms with van der Waals surface area (Å²) < 4.78 is 1.60. The fourth-order valence-electron chi connectivity index (χ4n) is 2.94. The highest BCUT2D eigenvalue weighted by molar-refractivity contribution is 5.97. The number of aromatic nitrogens is 2. The van der Waals surface area contributed by atoms with E-state index in [0.717, 1.165) is 38.2 Å². The maximum Gasteiger partial charge on any atom is 0.274 e. The number of nitrogens with zero attached hydrogens (tertiary/aromatic N) is 4. The van der Waals surface area contributed by atoms with Crippen LogP contribution in [0.3, 0.4) is 0 Å². The largest absolute Gasteiger partial charge is 0.395 e. The molecule has 1 fully saturated rings. The second-order valence-corrected chi connectivity index (χ2v) is 5.79. The maximum atomic E-state index is 12.6. The van der Waals surface area contributed by atoms with E-state index in [9.17, 15) is 4.79 Å². The average molecular weight is 279 g/mol. The summed E-state index contributed by atoms with van der Waals surface area (Å²) in [5.41, 5.74) is 7.87. The van der Waals surface area contributed by atoms with Gasteiger partial charge in [0.05, 0.1) is 11.4 Å². The Labute approximate surface area is 120 Å². The van der Waals surface area contributed by atoms with Crippen molar-refractivity contribution in [3.8, 4) is 0 Å². The number of hydrogen-bond acceptors (Lipinski definition) is 4. The van der Waals surface area contributed by atoms with Gasteiger partial charge in [0.1, 0.15) is 5.69 Å². The van der Waals surface area contributed by atoms with E-state index >= 15 is 0 Å². The summed E-state index contributed by atoms with van der Waals surface area (Å²) in [5, 5.41) is 4.31. The number of carbonyl (C=O) groups is 1. The van der Waals surface area contributed by atoms with Crippen LogP contribution in [0.1, 0.15) is 29.5 Å². The minimum Gasteiger partial charge on any atom is -0.395 e. The molecule has 1 amide bonds. The van der Waals surface area contributed by atoms with Crippen LogP contribution in [0.2, 0.25) is 0 Å². The van der Waals surface area contributed by atoms with Gasteiger partial charge >= 0.3 is 0 Å². The molecule has 1 aromatic rings. The second-order valence-electron chi connectivity index (χ2n) is 5.79. The molecule has 0 bridgehead atoms. The smallest absolute Gasteiger partial charge is 0.274 e. The molecule has 2 rings (SSSR count). The Bertz CT molecular complexity index is 496. The van der Waals surface area contributed by atoms with Gasteiger partial charge in [0.2, 0.25) is 0 Å². The summed E-state index contributed by atoms with van der Waals surface area (Å²) in [6.07, 6.45) is 1.89. The Kier molecular flexibility index (Phi) is 4.32. The summed E-state index contributed by atoms with van der Waals surface area (Å²) in [6, 6.07) is 0. The number of aryl methyl sites for hydroxylation is 2. The third-order valence-electron chi connectivity index (χ3n) is 4.07. The Balaban J connectivity index is 2.09. The van der Waals surface area contributed by atoms with Gasteiger partial charge in [-0.1, -0.05) is 6.92 Å². The van der Waals surface area contributed by atoms with Crippen molar-refractivity contribution in [2.75, 3.05) is 39.5 Å². The lowest BCUT2D eigenvalue weighted by Gasteiger charge is -2.21. The molecule has 1 atom stereocenters. The molecule has 6 heteroatoms. The van der Waals surface area contributed by atoms with Gasteiger partial charge < -0.3 is 15.5 Å². The van der Waals surface area contributed by atoms with E-state index in [1.807, 2.05) is 14.0 Å². The van der Waals surface area contributed by atoms with Crippen LogP contribution in [0.4, 0.5) is 5.69 Å². The van der Waals surface area contributed by atoms with Crippen LogP contribution in [0, 0.1) is 5.92 Å². The summed E-state index contributed by atoms with van der Waals surface area (Å²) >= 11 is 0. The zero-order chi connectivity index (χ0) is 14.9. The average Bonchev–Trinajstić information content (AvgIpc) is 2.92. The summed E-state index contributed by atoms with van der Waals surface area (Å²) in [4.78, 5) is 16.6. The fourth-order valence-corrected chi connectivity index (χ4v) is 2.94. The molecule has 1 saturated heterocycles. The minimum atomic E-state index is -0.0354. The zero-order valence-electron chi connectivity index (χ0n) is 12.9. The number of rotatable bonds is 4. The van der Waals surface area contributed by atoms with Gasteiger partial charge in [-0.25, -0.2) is 0 Å². The highest BCUT2D eigenvalue weighted by Crippen LogP contribution is 2.20. The van der Waals surface area contributed by atoms with E-state index in [2.05, 4.69) is 17.0 Å². The highest BCUT2D eigenvalue weighted by atomic mass is 16.2. The van der Waals surface area contributed by atoms with Crippen molar-refractivity contribution in [2.24, 2.45) is 13.0 Å². The first kappa shape index (κ1) is 14.8. The molecule has 6 nitrogen and oxygen atoms in total. The molecule has 1 aliphatic rings. The van der Waals surface area contributed by atoms with E-state index in [-0.39, 0.29) is 5.91 Å². The molecule has 0 spiro atoms. The van der Waals surface area contributed by atoms with Gasteiger partial charge in [-0.2, -0.15) is 5.10 Å². The van der Waals surface area contributed by atoms with E-state index in [1.165, 1.54) is 0 Å². The number of nitrogen functional groups attached to an aromatic ring is 1. The predicted molar refractivity (Wildman–Crippen MR) is 79.6 cm³/mol. The fraction of sp³-hybridized carbons (Fsp3) is 0.714. The summed E-state index contributed by atoms with van der Waals surface area (Å²) in [5.74, 6) is 0.515. The molecule has 112 valence electrons. The molecule has 1 aromatic heterocycles. The van der Waals surface area contributed by atoms with Crippen molar-refractivity contribution in [3.63, 3.8) is 0 Å². The van der Waals surface area contributed by atoms with Crippen LogP contribution in [-0.2, 0) is 13.5 Å². The van der Waals surface area contributed by atoms with Crippen molar-refractivity contribution >= 4 is 11.6 Å². The Morgan fingerprint density at radius 2 is 2.20 bits per heavy atom. The van der Waals surface area contributed by atoms with Crippen LogP contribution in [-0.4, -0.2) is 59.2 Å². The van der Waals surface area contributed by atoms with Crippen LogP contribution >= 0.6 is 0 Å². The highest BCUT2D eigenvalue weighted by Gasteiger charge is 2.26. The lowest BCUT2D eigenvalue weighted by molar-refractivity contribution is 0.0764.